The molecule has 0 unspecified atom stereocenters. The molecule has 0 radical (unpaired) electrons. The van der Waals surface area contributed by atoms with Gasteiger partial charge in [0.25, 0.3) is 0 Å². The molecule has 1 aromatic carbocycles. The fourth-order valence-corrected chi connectivity index (χ4v) is 2.60. The van der Waals surface area contributed by atoms with Crippen LogP contribution in [0.4, 0.5) is 0 Å². The van der Waals surface area contributed by atoms with Crippen LogP contribution in [0.3, 0.4) is 0 Å². The van der Waals surface area contributed by atoms with Crippen molar-refractivity contribution in [1.29, 1.82) is 0 Å². The first-order valence-corrected chi connectivity index (χ1v) is 8.13. The van der Waals surface area contributed by atoms with Crippen LogP contribution in [-0.4, -0.2) is 5.91 Å². The van der Waals surface area contributed by atoms with Crippen molar-refractivity contribution in [1.82, 2.24) is 0 Å². The third-order valence-corrected chi connectivity index (χ3v) is 3.83. The van der Waals surface area contributed by atoms with Gasteiger partial charge in [0.2, 0.25) is 5.91 Å². The van der Waals surface area contributed by atoms with Crippen LogP contribution >= 0.6 is 0 Å². The molecular weight excluding hydrogens is 246 g/mol. The van der Waals surface area contributed by atoms with Gasteiger partial charge in [0.15, 0.2) is 0 Å². The van der Waals surface area contributed by atoms with Crippen molar-refractivity contribution in [3.8, 4) is 0 Å². The molecule has 0 aliphatic heterocycles. The van der Waals surface area contributed by atoms with Gasteiger partial charge in [-0.1, -0.05) is 76.5 Å². The average molecular weight is 275 g/mol. The van der Waals surface area contributed by atoms with E-state index in [4.69, 9.17) is 5.73 Å². The van der Waals surface area contributed by atoms with Crippen molar-refractivity contribution >= 4 is 5.91 Å². The summed E-state index contributed by atoms with van der Waals surface area (Å²) in [6.07, 6.45) is 12.9. The molecule has 0 spiro atoms. The summed E-state index contributed by atoms with van der Waals surface area (Å²) in [5, 5.41) is 0. The van der Waals surface area contributed by atoms with Gasteiger partial charge >= 0.3 is 0 Å². The maximum atomic E-state index is 11.3. The van der Waals surface area contributed by atoms with Gasteiger partial charge in [0, 0.05) is 5.56 Å². The molecule has 112 valence electrons. The van der Waals surface area contributed by atoms with Crippen molar-refractivity contribution < 1.29 is 4.79 Å². The standard InChI is InChI=1S/C18H29NO/c1-2-3-4-5-6-7-8-9-10-13-16-14-11-12-15-17(16)18(19)20/h11-12,14-15H,2-10,13H2,1H3,(H2,19,20). The number of nitrogens with two attached hydrogens (primary N) is 1. The number of unbranched alkanes of at least 4 members (excludes halogenated alkanes) is 8. The van der Waals surface area contributed by atoms with Crippen LogP contribution < -0.4 is 5.73 Å². The number of aryl methyl sites for hydroxylation is 1. The van der Waals surface area contributed by atoms with Crippen molar-refractivity contribution in [3.63, 3.8) is 0 Å². The Labute approximate surface area is 123 Å². The van der Waals surface area contributed by atoms with Crippen LogP contribution in [0.5, 0.6) is 0 Å². The van der Waals surface area contributed by atoms with Gasteiger partial charge in [0.1, 0.15) is 0 Å². The molecule has 0 saturated carbocycles. The van der Waals surface area contributed by atoms with Gasteiger partial charge < -0.3 is 5.73 Å². The van der Waals surface area contributed by atoms with Crippen LogP contribution in [0.25, 0.3) is 0 Å². The molecule has 0 bridgehead atoms. The lowest BCUT2D eigenvalue weighted by Crippen LogP contribution is -2.13. The van der Waals surface area contributed by atoms with Gasteiger partial charge in [-0.3, -0.25) is 4.79 Å². The topological polar surface area (TPSA) is 43.1 Å². The highest BCUT2D eigenvalue weighted by Gasteiger charge is 2.06. The minimum Gasteiger partial charge on any atom is -0.366 e. The maximum absolute atomic E-state index is 11.3. The molecule has 2 nitrogen and oxygen atoms in total. The molecule has 2 N–H and O–H groups in total. The Balaban J connectivity index is 2.11. The van der Waals surface area contributed by atoms with E-state index in [1.54, 1.807) is 0 Å². The van der Waals surface area contributed by atoms with E-state index in [0.29, 0.717) is 5.56 Å². The molecule has 1 rings (SSSR count). The molecule has 0 fully saturated rings. The number of hydrogen-bond acceptors (Lipinski definition) is 1. The Morgan fingerprint density at radius 2 is 1.45 bits per heavy atom. The minimum absolute atomic E-state index is 0.309. The summed E-state index contributed by atoms with van der Waals surface area (Å²) in [6.45, 7) is 2.25. The van der Waals surface area contributed by atoms with Gasteiger partial charge in [-0.2, -0.15) is 0 Å². The molecule has 0 heterocycles. The zero-order chi connectivity index (χ0) is 14.6. The molecule has 2 heteroatoms. The Morgan fingerprint density at radius 3 is 2.05 bits per heavy atom. The number of carbonyl (C=O) groups excluding carboxylic acids is 1. The fraction of sp³-hybridized carbons (Fsp3) is 0.611. The molecule has 0 atom stereocenters. The predicted molar refractivity (Wildman–Crippen MR) is 85.9 cm³/mol. The number of benzene rings is 1. The van der Waals surface area contributed by atoms with E-state index in [-0.39, 0.29) is 5.91 Å². The number of hydrogen-bond donors (Lipinski definition) is 1. The first-order chi connectivity index (χ1) is 9.75. The van der Waals surface area contributed by atoms with Crippen LogP contribution in [0, 0.1) is 0 Å². The average Bonchev–Trinajstić information content (AvgIpc) is 2.46. The second-order valence-corrected chi connectivity index (χ2v) is 5.60. The van der Waals surface area contributed by atoms with Crippen molar-refractivity contribution in [3.05, 3.63) is 35.4 Å². The number of rotatable bonds is 11. The van der Waals surface area contributed by atoms with E-state index >= 15 is 0 Å². The van der Waals surface area contributed by atoms with Crippen molar-refractivity contribution in [2.75, 3.05) is 0 Å². The highest BCUT2D eigenvalue weighted by Crippen LogP contribution is 2.14. The Morgan fingerprint density at radius 1 is 0.900 bits per heavy atom. The van der Waals surface area contributed by atoms with E-state index < -0.39 is 0 Å². The first kappa shape index (κ1) is 16.7. The molecular formula is C18H29NO. The van der Waals surface area contributed by atoms with E-state index in [0.717, 1.165) is 18.4 Å². The largest absolute Gasteiger partial charge is 0.366 e. The highest BCUT2D eigenvalue weighted by atomic mass is 16.1. The third-order valence-electron chi connectivity index (χ3n) is 3.83. The first-order valence-electron chi connectivity index (χ1n) is 8.13. The monoisotopic (exact) mass is 275 g/mol. The smallest absolute Gasteiger partial charge is 0.248 e. The zero-order valence-corrected chi connectivity index (χ0v) is 12.9. The molecule has 0 aliphatic rings. The normalized spacial score (nSPS) is 10.7. The van der Waals surface area contributed by atoms with E-state index in [2.05, 4.69) is 6.92 Å². The summed E-state index contributed by atoms with van der Waals surface area (Å²) in [6, 6.07) is 7.70. The number of primary amides is 1. The lowest BCUT2D eigenvalue weighted by Gasteiger charge is -2.06. The molecule has 20 heavy (non-hydrogen) atoms. The van der Waals surface area contributed by atoms with Crippen LogP contribution in [0.1, 0.15) is 80.6 Å². The van der Waals surface area contributed by atoms with E-state index in [9.17, 15) is 4.79 Å². The fourth-order valence-electron chi connectivity index (χ4n) is 2.60. The molecule has 0 aromatic heterocycles. The summed E-state index contributed by atoms with van der Waals surface area (Å²) in [4.78, 5) is 11.3. The van der Waals surface area contributed by atoms with E-state index in [1.807, 2.05) is 24.3 Å². The van der Waals surface area contributed by atoms with E-state index in [1.165, 1.54) is 51.4 Å². The summed E-state index contributed by atoms with van der Waals surface area (Å²) in [5.74, 6) is -0.309. The summed E-state index contributed by atoms with van der Waals surface area (Å²) >= 11 is 0. The second-order valence-electron chi connectivity index (χ2n) is 5.60. The summed E-state index contributed by atoms with van der Waals surface area (Å²) in [5.41, 5.74) is 7.17. The maximum Gasteiger partial charge on any atom is 0.248 e. The van der Waals surface area contributed by atoms with Gasteiger partial charge in [-0.25, -0.2) is 0 Å². The lowest BCUT2D eigenvalue weighted by molar-refractivity contribution is 0.0999. The highest BCUT2D eigenvalue weighted by molar-refractivity contribution is 5.94. The number of amides is 1. The lowest BCUT2D eigenvalue weighted by atomic mass is 10.00. The Kier molecular flexibility index (Phi) is 8.77. The van der Waals surface area contributed by atoms with Crippen LogP contribution in [0.15, 0.2) is 24.3 Å². The zero-order valence-electron chi connectivity index (χ0n) is 12.9. The molecule has 0 saturated heterocycles. The van der Waals surface area contributed by atoms with Crippen molar-refractivity contribution in [2.24, 2.45) is 5.73 Å². The second kappa shape index (κ2) is 10.5. The minimum atomic E-state index is -0.309. The molecule has 1 amide bonds. The molecule has 1 aromatic rings. The SMILES string of the molecule is CCCCCCCCCCCc1ccccc1C(N)=O. The van der Waals surface area contributed by atoms with Gasteiger partial charge in [-0.05, 0) is 24.5 Å². The Bertz CT molecular complexity index is 387. The van der Waals surface area contributed by atoms with Crippen molar-refractivity contribution in [2.45, 2.75) is 71.1 Å². The third kappa shape index (κ3) is 6.74. The van der Waals surface area contributed by atoms with Gasteiger partial charge in [-0.15, -0.1) is 0 Å². The Hall–Kier alpha value is -1.31. The predicted octanol–water partition coefficient (Wildman–Crippen LogP) is 4.86. The summed E-state index contributed by atoms with van der Waals surface area (Å²) in [7, 11) is 0. The quantitative estimate of drug-likeness (QED) is 0.576. The number of carbonyl (C=O) groups is 1. The summed E-state index contributed by atoms with van der Waals surface area (Å²) < 4.78 is 0. The van der Waals surface area contributed by atoms with Gasteiger partial charge in [0.05, 0.1) is 0 Å². The van der Waals surface area contributed by atoms with Crippen LogP contribution in [0.2, 0.25) is 0 Å². The van der Waals surface area contributed by atoms with Crippen LogP contribution in [-0.2, 0) is 6.42 Å². The molecule has 0 aliphatic carbocycles.